The number of nitrogens with zero attached hydrogens (tertiary/aromatic N) is 1. The van der Waals surface area contributed by atoms with E-state index in [0.29, 0.717) is 22.8 Å². The summed E-state index contributed by atoms with van der Waals surface area (Å²) in [4.78, 5) is 36.6. The van der Waals surface area contributed by atoms with Gasteiger partial charge >= 0.3 is 12.0 Å². The molecule has 178 valence electrons. The Morgan fingerprint density at radius 2 is 1.91 bits per heavy atom. The number of carbonyl (C=O) groups is 3. The minimum atomic E-state index is -0.744. The lowest BCUT2D eigenvalue weighted by Crippen LogP contribution is -2.45. The van der Waals surface area contributed by atoms with Crippen molar-refractivity contribution in [1.29, 1.82) is 0 Å². The van der Waals surface area contributed by atoms with Crippen LogP contribution in [-0.2, 0) is 14.3 Å². The number of ether oxygens (including phenoxy) is 3. The number of amides is 3. The Morgan fingerprint density at radius 1 is 1.15 bits per heavy atom. The van der Waals surface area contributed by atoms with Crippen LogP contribution >= 0.6 is 0 Å². The number of hydrazone groups is 1. The van der Waals surface area contributed by atoms with Crippen molar-refractivity contribution in [2.24, 2.45) is 5.10 Å². The molecule has 1 atom stereocenters. The fourth-order valence-electron chi connectivity index (χ4n) is 3.30. The highest BCUT2D eigenvalue weighted by Gasteiger charge is 2.32. The number of rotatable bonds is 9. The van der Waals surface area contributed by atoms with Crippen LogP contribution in [0.3, 0.4) is 0 Å². The zero-order valence-electron chi connectivity index (χ0n) is 19.1. The van der Waals surface area contributed by atoms with Crippen molar-refractivity contribution in [3.05, 3.63) is 70.9 Å². The quantitative estimate of drug-likeness (QED) is 0.296. The third-order valence-corrected chi connectivity index (χ3v) is 4.85. The average Bonchev–Trinajstić information content (AvgIpc) is 2.83. The van der Waals surface area contributed by atoms with Gasteiger partial charge in [-0.3, -0.25) is 4.79 Å². The molecule has 0 aliphatic carbocycles. The van der Waals surface area contributed by atoms with Crippen molar-refractivity contribution in [2.45, 2.75) is 19.9 Å². The number of carbonyl (C=O) groups excluding carboxylic acids is 3. The van der Waals surface area contributed by atoms with Gasteiger partial charge in [-0.15, -0.1) is 0 Å². The summed E-state index contributed by atoms with van der Waals surface area (Å²) >= 11 is 0. The maximum atomic E-state index is 12.5. The van der Waals surface area contributed by atoms with Crippen molar-refractivity contribution in [3.63, 3.8) is 0 Å². The highest BCUT2D eigenvalue weighted by Crippen LogP contribution is 2.34. The summed E-state index contributed by atoms with van der Waals surface area (Å²) in [5.41, 5.74) is 4.51. The predicted molar refractivity (Wildman–Crippen MR) is 124 cm³/mol. The first-order valence-electron chi connectivity index (χ1n) is 10.6. The molecule has 0 saturated carbocycles. The van der Waals surface area contributed by atoms with Gasteiger partial charge in [0.05, 0.1) is 31.5 Å². The van der Waals surface area contributed by atoms with E-state index in [2.05, 4.69) is 21.2 Å². The second-order valence-corrected chi connectivity index (χ2v) is 7.19. The molecule has 0 bridgehead atoms. The highest BCUT2D eigenvalue weighted by molar-refractivity contribution is 5.95. The molecule has 1 heterocycles. The van der Waals surface area contributed by atoms with Crippen LogP contribution in [0.1, 0.15) is 31.0 Å². The first-order chi connectivity index (χ1) is 16.4. The van der Waals surface area contributed by atoms with E-state index in [-0.39, 0.29) is 18.8 Å². The van der Waals surface area contributed by atoms with Gasteiger partial charge in [0.25, 0.3) is 5.91 Å². The van der Waals surface area contributed by atoms with E-state index < -0.39 is 23.9 Å². The molecule has 0 saturated heterocycles. The van der Waals surface area contributed by atoms with E-state index in [1.165, 1.54) is 13.3 Å². The van der Waals surface area contributed by atoms with Crippen LogP contribution in [0, 0.1) is 0 Å². The highest BCUT2D eigenvalue weighted by atomic mass is 16.5. The molecule has 10 nitrogen and oxygen atoms in total. The molecular weight excluding hydrogens is 440 g/mol. The standard InChI is InChI=1S/C24H26N4O6/c1-4-33-23(30)21-15(2)26-24(31)27-22(21)17-10-11-18(19(12-17)32-3)34-14-20(29)28-25-13-16-8-6-5-7-9-16/h5-13,22H,4,14H2,1-3H3,(H,28,29)(H2,26,27,31)/b25-13-/t22-/m0/s1. The van der Waals surface area contributed by atoms with Crippen LogP contribution < -0.4 is 25.5 Å². The number of hydrogen-bond acceptors (Lipinski definition) is 7. The van der Waals surface area contributed by atoms with Crippen LogP contribution in [0.15, 0.2) is 64.9 Å². The Bertz CT molecular complexity index is 1110. The summed E-state index contributed by atoms with van der Waals surface area (Å²) in [5, 5.41) is 9.21. The first-order valence-corrected chi connectivity index (χ1v) is 10.6. The van der Waals surface area contributed by atoms with Crippen molar-refractivity contribution >= 4 is 24.1 Å². The summed E-state index contributed by atoms with van der Waals surface area (Å²) in [7, 11) is 1.45. The molecule has 34 heavy (non-hydrogen) atoms. The fourth-order valence-corrected chi connectivity index (χ4v) is 3.30. The number of esters is 1. The summed E-state index contributed by atoms with van der Waals surface area (Å²) in [6.45, 7) is 3.24. The molecule has 3 amide bonds. The topological polar surface area (TPSA) is 127 Å². The molecule has 3 rings (SSSR count). The number of methoxy groups -OCH3 is 1. The van der Waals surface area contributed by atoms with Crippen LogP contribution in [0.2, 0.25) is 0 Å². The molecule has 2 aromatic carbocycles. The number of benzene rings is 2. The SMILES string of the molecule is CCOC(=O)C1=C(C)NC(=O)N[C@H]1c1ccc(OCC(=O)N/N=C\c2ccccc2)c(OC)c1. The second-order valence-electron chi connectivity index (χ2n) is 7.19. The van der Waals surface area contributed by atoms with Crippen molar-refractivity contribution in [3.8, 4) is 11.5 Å². The zero-order chi connectivity index (χ0) is 24.5. The molecule has 0 unspecified atom stereocenters. The fraction of sp³-hybridized carbons (Fsp3) is 0.250. The lowest BCUT2D eigenvalue weighted by molar-refractivity contribution is -0.139. The van der Waals surface area contributed by atoms with Gasteiger partial charge < -0.3 is 24.8 Å². The Kier molecular flexibility index (Phi) is 8.22. The molecule has 0 radical (unpaired) electrons. The Balaban J connectivity index is 1.70. The maximum absolute atomic E-state index is 12.5. The largest absolute Gasteiger partial charge is 0.493 e. The molecule has 2 aromatic rings. The summed E-state index contributed by atoms with van der Waals surface area (Å²) in [6.07, 6.45) is 1.53. The number of allylic oxidation sites excluding steroid dienone is 1. The van der Waals surface area contributed by atoms with Gasteiger partial charge in [-0.25, -0.2) is 15.0 Å². The minimum absolute atomic E-state index is 0.198. The van der Waals surface area contributed by atoms with E-state index in [1.807, 2.05) is 30.3 Å². The van der Waals surface area contributed by atoms with Crippen LogP contribution in [0.25, 0.3) is 0 Å². The molecule has 3 N–H and O–H groups in total. The Hall–Kier alpha value is -4.34. The normalized spacial score (nSPS) is 15.4. The second kappa shape index (κ2) is 11.5. The smallest absolute Gasteiger partial charge is 0.338 e. The van der Waals surface area contributed by atoms with Crippen molar-refractivity contribution in [1.82, 2.24) is 16.1 Å². The van der Waals surface area contributed by atoms with E-state index in [1.54, 1.807) is 32.0 Å². The third kappa shape index (κ3) is 6.12. The van der Waals surface area contributed by atoms with E-state index in [4.69, 9.17) is 14.2 Å². The van der Waals surface area contributed by atoms with Crippen LogP contribution in [0.5, 0.6) is 11.5 Å². The monoisotopic (exact) mass is 466 g/mol. The van der Waals surface area contributed by atoms with Crippen LogP contribution in [0.4, 0.5) is 4.79 Å². The third-order valence-electron chi connectivity index (χ3n) is 4.85. The number of hydrogen-bond donors (Lipinski definition) is 3. The molecule has 0 spiro atoms. The van der Waals surface area contributed by atoms with Gasteiger partial charge in [-0.1, -0.05) is 36.4 Å². The summed E-state index contributed by atoms with van der Waals surface area (Å²) < 4.78 is 16.1. The Morgan fingerprint density at radius 3 is 2.62 bits per heavy atom. The van der Waals surface area contributed by atoms with Crippen molar-refractivity contribution in [2.75, 3.05) is 20.3 Å². The molecule has 0 aromatic heterocycles. The van der Waals surface area contributed by atoms with Gasteiger partial charge in [0, 0.05) is 5.70 Å². The summed E-state index contributed by atoms with van der Waals surface area (Å²) in [6, 6.07) is 13.0. The van der Waals surface area contributed by atoms with Crippen LogP contribution in [-0.4, -0.2) is 44.4 Å². The molecular formula is C24H26N4O6. The number of nitrogens with one attached hydrogen (secondary N) is 3. The van der Waals surface area contributed by atoms with Gasteiger partial charge in [0.15, 0.2) is 18.1 Å². The number of urea groups is 1. The zero-order valence-corrected chi connectivity index (χ0v) is 19.1. The molecule has 10 heteroatoms. The average molecular weight is 466 g/mol. The van der Waals surface area contributed by atoms with Gasteiger partial charge in [0.1, 0.15) is 0 Å². The van der Waals surface area contributed by atoms with Crippen molar-refractivity contribution < 1.29 is 28.6 Å². The van der Waals surface area contributed by atoms with Gasteiger partial charge in [0.2, 0.25) is 0 Å². The molecule has 0 fully saturated rings. The summed E-state index contributed by atoms with van der Waals surface area (Å²) in [5.74, 6) is -0.351. The first kappa shape index (κ1) is 24.3. The lowest BCUT2D eigenvalue weighted by Gasteiger charge is -2.28. The van der Waals surface area contributed by atoms with E-state index >= 15 is 0 Å². The lowest BCUT2D eigenvalue weighted by atomic mass is 9.95. The van der Waals surface area contributed by atoms with E-state index in [0.717, 1.165) is 5.56 Å². The maximum Gasteiger partial charge on any atom is 0.338 e. The minimum Gasteiger partial charge on any atom is -0.493 e. The van der Waals surface area contributed by atoms with Gasteiger partial charge in [-0.2, -0.15) is 5.10 Å². The molecule has 1 aliphatic heterocycles. The predicted octanol–water partition coefficient (Wildman–Crippen LogP) is 2.42. The Labute approximate surface area is 197 Å². The van der Waals surface area contributed by atoms with E-state index in [9.17, 15) is 14.4 Å². The van der Waals surface area contributed by atoms with Gasteiger partial charge in [-0.05, 0) is 37.1 Å². The molecule has 1 aliphatic rings.